The van der Waals surface area contributed by atoms with Crippen LogP contribution in [0.4, 0.5) is 13.2 Å². The van der Waals surface area contributed by atoms with E-state index < -0.39 is 12.3 Å². The molecular weight excluding hydrogens is 249 g/mol. The van der Waals surface area contributed by atoms with Crippen molar-refractivity contribution < 1.29 is 27.4 Å². The van der Waals surface area contributed by atoms with Gasteiger partial charge in [0.25, 0.3) is 0 Å². The SMILES string of the molecule is COC(=O)C=C(C)c1ccc(OC(F)(F)F)cc1. The van der Waals surface area contributed by atoms with Gasteiger partial charge in [-0.05, 0) is 30.2 Å². The third kappa shape index (κ3) is 4.48. The molecule has 18 heavy (non-hydrogen) atoms. The minimum absolute atomic E-state index is 0.308. The van der Waals surface area contributed by atoms with E-state index >= 15 is 0 Å². The third-order valence-corrected chi connectivity index (χ3v) is 2.08. The average molecular weight is 260 g/mol. The van der Waals surface area contributed by atoms with Crippen molar-refractivity contribution in [3.63, 3.8) is 0 Å². The van der Waals surface area contributed by atoms with Gasteiger partial charge in [-0.25, -0.2) is 4.79 Å². The highest BCUT2D eigenvalue weighted by molar-refractivity contribution is 5.90. The standard InChI is InChI=1S/C12H11F3O3/c1-8(7-11(16)17-2)9-3-5-10(6-4-9)18-12(13,14)15/h3-7H,1-2H3. The normalized spacial score (nSPS) is 12.2. The zero-order valence-electron chi connectivity index (χ0n) is 9.75. The van der Waals surface area contributed by atoms with E-state index in [0.29, 0.717) is 11.1 Å². The van der Waals surface area contributed by atoms with Gasteiger partial charge in [0.2, 0.25) is 0 Å². The molecule has 1 aromatic rings. The maximum Gasteiger partial charge on any atom is 0.573 e. The van der Waals surface area contributed by atoms with E-state index in [4.69, 9.17) is 0 Å². The van der Waals surface area contributed by atoms with Crippen LogP contribution in [0.2, 0.25) is 0 Å². The molecule has 0 saturated carbocycles. The number of esters is 1. The van der Waals surface area contributed by atoms with Crippen LogP contribution < -0.4 is 4.74 Å². The van der Waals surface area contributed by atoms with Gasteiger partial charge in [0.05, 0.1) is 7.11 Å². The Morgan fingerprint density at radius 3 is 2.22 bits per heavy atom. The Morgan fingerprint density at radius 2 is 1.78 bits per heavy atom. The lowest BCUT2D eigenvalue weighted by Crippen LogP contribution is -2.16. The topological polar surface area (TPSA) is 35.5 Å². The lowest BCUT2D eigenvalue weighted by molar-refractivity contribution is -0.274. The zero-order chi connectivity index (χ0) is 13.8. The summed E-state index contributed by atoms with van der Waals surface area (Å²) in [5, 5.41) is 0. The fourth-order valence-electron chi connectivity index (χ4n) is 1.24. The van der Waals surface area contributed by atoms with Crippen molar-refractivity contribution in [2.24, 2.45) is 0 Å². The van der Waals surface area contributed by atoms with Crippen LogP contribution in [0.1, 0.15) is 12.5 Å². The van der Waals surface area contributed by atoms with Crippen molar-refractivity contribution in [2.45, 2.75) is 13.3 Å². The van der Waals surface area contributed by atoms with E-state index in [9.17, 15) is 18.0 Å². The second-order valence-electron chi connectivity index (χ2n) is 3.42. The molecular formula is C12H11F3O3. The van der Waals surface area contributed by atoms with Gasteiger partial charge < -0.3 is 9.47 Å². The fourth-order valence-corrected chi connectivity index (χ4v) is 1.24. The molecule has 6 heteroatoms. The lowest BCUT2D eigenvalue weighted by atomic mass is 10.1. The highest BCUT2D eigenvalue weighted by atomic mass is 19.4. The summed E-state index contributed by atoms with van der Waals surface area (Å²) < 4.78 is 43.9. The molecule has 98 valence electrons. The van der Waals surface area contributed by atoms with Crippen LogP contribution in [0.25, 0.3) is 5.57 Å². The zero-order valence-corrected chi connectivity index (χ0v) is 9.75. The molecule has 0 atom stereocenters. The van der Waals surface area contributed by atoms with Gasteiger partial charge in [0.1, 0.15) is 5.75 Å². The first-order chi connectivity index (χ1) is 8.31. The van der Waals surface area contributed by atoms with E-state index in [1.165, 1.54) is 37.5 Å². The molecule has 1 aromatic carbocycles. The number of methoxy groups -OCH3 is 1. The lowest BCUT2D eigenvalue weighted by Gasteiger charge is -2.09. The summed E-state index contributed by atoms with van der Waals surface area (Å²) in [7, 11) is 1.24. The van der Waals surface area contributed by atoms with Crippen LogP contribution in [0.5, 0.6) is 5.75 Å². The predicted octanol–water partition coefficient (Wildman–Crippen LogP) is 3.16. The Morgan fingerprint density at radius 1 is 1.22 bits per heavy atom. The van der Waals surface area contributed by atoms with Crippen LogP contribution in [0, 0.1) is 0 Å². The number of carbonyl (C=O) groups excluding carboxylic acids is 1. The minimum Gasteiger partial charge on any atom is -0.466 e. The first kappa shape index (κ1) is 14.1. The molecule has 0 aliphatic carbocycles. The summed E-state index contributed by atoms with van der Waals surface area (Å²) in [4.78, 5) is 11.0. The molecule has 0 unspecified atom stereocenters. The number of halogens is 3. The highest BCUT2D eigenvalue weighted by Crippen LogP contribution is 2.24. The maximum atomic E-state index is 11.9. The molecule has 0 heterocycles. The molecule has 0 saturated heterocycles. The van der Waals surface area contributed by atoms with Gasteiger partial charge in [0, 0.05) is 6.08 Å². The molecule has 0 aromatic heterocycles. The van der Waals surface area contributed by atoms with Crippen molar-refractivity contribution in [3.8, 4) is 5.75 Å². The Balaban J connectivity index is 2.83. The molecule has 0 radical (unpaired) electrons. The van der Waals surface area contributed by atoms with Gasteiger partial charge in [-0.3, -0.25) is 0 Å². The van der Waals surface area contributed by atoms with Crippen LogP contribution in [0.15, 0.2) is 30.3 Å². The number of carbonyl (C=O) groups is 1. The Labute approximate surface area is 102 Å². The highest BCUT2D eigenvalue weighted by Gasteiger charge is 2.30. The monoisotopic (exact) mass is 260 g/mol. The fraction of sp³-hybridized carbons (Fsp3) is 0.250. The molecule has 3 nitrogen and oxygen atoms in total. The van der Waals surface area contributed by atoms with Crippen LogP contribution >= 0.6 is 0 Å². The largest absolute Gasteiger partial charge is 0.573 e. The van der Waals surface area contributed by atoms with Crippen molar-refractivity contribution in [1.82, 2.24) is 0 Å². The summed E-state index contributed by atoms with van der Waals surface area (Å²) in [5.41, 5.74) is 1.19. The number of hydrogen-bond acceptors (Lipinski definition) is 3. The van der Waals surface area contributed by atoms with Crippen molar-refractivity contribution >= 4 is 11.5 Å². The van der Waals surface area contributed by atoms with E-state index in [-0.39, 0.29) is 5.75 Å². The van der Waals surface area contributed by atoms with Gasteiger partial charge in [0.15, 0.2) is 0 Å². The van der Waals surface area contributed by atoms with Gasteiger partial charge in [-0.1, -0.05) is 12.1 Å². The number of ether oxygens (including phenoxy) is 2. The van der Waals surface area contributed by atoms with Crippen molar-refractivity contribution in [2.75, 3.05) is 7.11 Å². The summed E-state index contributed by atoms with van der Waals surface area (Å²) in [6.07, 6.45) is -3.46. The second-order valence-corrected chi connectivity index (χ2v) is 3.42. The van der Waals surface area contributed by atoms with Crippen LogP contribution in [-0.2, 0) is 9.53 Å². The average Bonchev–Trinajstić information content (AvgIpc) is 2.27. The quantitative estimate of drug-likeness (QED) is 0.618. The smallest absolute Gasteiger partial charge is 0.466 e. The Hall–Kier alpha value is -1.98. The summed E-state index contributed by atoms with van der Waals surface area (Å²) >= 11 is 0. The Bertz CT molecular complexity index is 447. The number of rotatable bonds is 3. The van der Waals surface area contributed by atoms with E-state index in [1.54, 1.807) is 6.92 Å². The molecule has 1 rings (SSSR count). The van der Waals surface area contributed by atoms with E-state index in [1.807, 2.05) is 0 Å². The molecule has 0 spiro atoms. The molecule has 0 amide bonds. The Kier molecular flexibility index (Phi) is 4.36. The summed E-state index contributed by atoms with van der Waals surface area (Å²) in [6.45, 7) is 1.65. The molecule has 0 N–H and O–H groups in total. The first-order valence-electron chi connectivity index (χ1n) is 4.94. The van der Waals surface area contributed by atoms with Crippen LogP contribution in [-0.4, -0.2) is 19.4 Å². The number of alkyl halides is 3. The minimum atomic E-state index is -4.71. The molecule has 0 bridgehead atoms. The summed E-state index contributed by atoms with van der Waals surface area (Å²) in [6, 6.07) is 5.21. The summed E-state index contributed by atoms with van der Waals surface area (Å²) in [5.74, 6) is -0.833. The van der Waals surface area contributed by atoms with Gasteiger partial charge in [-0.15, -0.1) is 13.2 Å². The van der Waals surface area contributed by atoms with Gasteiger partial charge in [-0.2, -0.15) is 0 Å². The number of hydrogen-bond donors (Lipinski definition) is 0. The molecule has 0 aliphatic heterocycles. The predicted molar refractivity (Wildman–Crippen MR) is 58.8 cm³/mol. The second kappa shape index (κ2) is 5.57. The van der Waals surface area contributed by atoms with E-state index in [2.05, 4.69) is 9.47 Å². The maximum absolute atomic E-state index is 11.9. The first-order valence-corrected chi connectivity index (χ1v) is 4.94. The van der Waals surface area contributed by atoms with Crippen LogP contribution in [0.3, 0.4) is 0 Å². The van der Waals surface area contributed by atoms with Gasteiger partial charge >= 0.3 is 12.3 Å². The van der Waals surface area contributed by atoms with E-state index in [0.717, 1.165) is 0 Å². The third-order valence-electron chi connectivity index (χ3n) is 2.08. The number of allylic oxidation sites excluding steroid dienone is 1. The molecule has 0 aliphatic rings. The van der Waals surface area contributed by atoms with Crippen molar-refractivity contribution in [3.05, 3.63) is 35.9 Å². The molecule has 0 fully saturated rings. The van der Waals surface area contributed by atoms with Crippen molar-refractivity contribution in [1.29, 1.82) is 0 Å². The number of benzene rings is 1.